The molecule has 0 saturated carbocycles. The predicted octanol–water partition coefficient (Wildman–Crippen LogP) is 1.09. The maximum atomic E-state index is 6.32. The number of unbranched alkanes of at least 4 members (excludes halogenated alkanes) is 2. The number of hydrogen-bond acceptors (Lipinski definition) is 0. The molecule has 14 heavy (non-hydrogen) atoms. The van der Waals surface area contributed by atoms with Crippen LogP contribution in [-0.2, 0) is 0 Å². The van der Waals surface area contributed by atoms with E-state index in [2.05, 4.69) is 18.4 Å². The first kappa shape index (κ1) is 12.0. The molecule has 0 spiro atoms. The van der Waals surface area contributed by atoms with Crippen LogP contribution in [0.4, 0.5) is 0 Å². The van der Waals surface area contributed by atoms with E-state index in [0.29, 0.717) is 0 Å². The van der Waals surface area contributed by atoms with Gasteiger partial charge in [-0.3, -0.25) is 0 Å². The standard InChI is InChI=1S/C11H22ClN2/c1-3-5-7-13-9-10-14(11(13)12)8-6-4-2/h3-10H2,1-2H3/q+1/p+1. The summed E-state index contributed by atoms with van der Waals surface area (Å²) in [5.74, 6) is 0. The molecule has 0 radical (unpaired) electrons. The number of halogens is 1. The van der Waals surface area contributed by atoms with Crippen LogP contribution in [-0.4, -0.2) is 36.0 Å². The first-order valence-electron chi connectivity index (χ1n) is 5.92. The van der Waals surface area contributed by atoms with E-state index in [1.54, 1.807) is 0 Å². The molecule has 82 valence electrons. The molecule has 0 saturated heterocycles. The Morgan fingerprint density at radius 1 is 1.29 bits per heavy atom. The molecule has 0 aromatic heterocycles. The van der Waals surface area contributed by atoms with Crippen molar-refractivity contribution in [3.63, 3.8) is 0 Å². The van der Waals surface area contributed by atoms with Crippen molar-refractivity contribution in [2.75, 3.05) is 26.2 Å². The minimum absolute atomic E-state index is 1.06. The summed E-state index contributed by atoms with van der Waals surface area (Å²) in [5.41, 5.74) is 0. The van der Waals surface area contributed by atoms with Crippen molar-refractivity contribution >= 4 is 16.9 Å². The van der Waals surface area contributed by atoms with Crippen LogP contribution in [0.15, 0.2) is 0 Å². The van der Waals surface area contributed by atoms with Gasteiger partial charge in [0, 0.05) is 6.42 Å². The highest BCUT2D eigenvalue weighted by Crippen LogP contribution is 1.93. The average Bonchev–Trinajstić information content (AvgIpc) is 2.54. The molecule has 1 atom stereocenters. The summed E-state index contributed by atoms with van der Waals surface area (Å²) in [6, 6.07) is 0. The zero-order valence-corrected chi connectivity index (χ0v) is 10.2. The molecule has 0 fully saturated rings. The molecular weight excluding hydrogens is 196 g/mol. The molecule has 0 aromatic carbocycles. The van der Waals surface area contributed by atoms with Crippen molar-refractivity contribution in [3.05, 3.63) is 0 Å². The molecule has 2 nitrogen and oxygen atoms in total. The number of hydrogen-bond donors (Lipinski definition) is 1. The summed E-state index contributed by atoms with van der Waals surface area (Å²) >= 11 is 6.32. The van der Waals surface area contributed by atoms with Crippen molar-refractivity contribution in [3.8, 4) is 0 Å². The van der Waals surface area contributed by atoms with Crippen LogP contribution >= 0.6 is 11.6 Å². The fraction of sp³-hybridized carbons (Fsp3) is 0.909. The lowest BCUT2D eigenvalue weighted by atomic mass is 10.3. The van der Waals surface area contributed by atoms with Crippen LogP contribution in [0.2, 0.25) is 0 Å². The van der Waals surface area contributed by atoms with Gasteiger partial charge in [0.15, 0.2) is 6.54 Å². The number of quaternary nitrogens is 1. The van der Waals surface area contributed by atoms with Crippen LogP contribution in [0, 0.1) is 0 Å². The topological polar surface area (TPSA) is 7.45 Å². The first-order chi connectivity index (χ1) is 6.79. The zero-order chi connectivity index (χ0) is 10.4. The second kappa shape index (κ2) is 6.41. The molecule has 0 bridgehead atoms. The fourth-order valence-electron chi connectivity index (χ4n) is 1.87. The van der Waals surface area contributed by atoms with Crippen LogP contribution in [0.3, 0.4) is 0 Å². The molecule has 1 aliphatic heterocycles. The summed E-state index contributed by atoms with van der Waals surface area (Å²) in [4.78, 5) is 1.49. The van der Waals surface area contributed by atoms with Crippen LogP contribution < -0.4 is 4.90 Å². The summed E-state index contributed by atoms with van der Waals surface area (Å²) in [7, 11) is 0. The van der Waals surface area contributed by atoms with Gasteiger partial charge in [0.25, 0.3) is 0 Å². The van der Waals surface area contributed by atoms with Crippen LogP contribution in [0.1, 0.15) is 39.5 Å². The van der Waals surface area contributed by atoms with Gasteiger partial charge in [-0.25, -0.2) is 4.90 Å². The Labute approximate surface area is 92.6 Å². The predicted molar refractivity (Wildman–Crippen MR) is 61.4 cm³/mol. The number of rotatable bonds is 6. The molecule has 3 heteroatoms. The van der Waals surface area contributed by atoms with Crippen LogP contribution in [0.25, 0.3) is 0 Å². The third-order valence-corrected chi connectivity index (χ3v) is 3.37. The van der Waals surface area contributed by atoms with Gasteiger partial charge in [-0.15, -0.1) is 0 Å². The smallest absolute Gasteiger partial charge is 0.230 e. The Hall–Kier alpha value is -0.0800. The summed E-state index contributed by atoms with van der Waals surface area (Å²) < 4.78 is 2.34. The quantitative estimate of drug-likeness (QED) is 0.505. The van der Waals surface area contributed by atoms with Crippen molar-refractivity contribution in [2.24, 2.45) is 0 Å². The van der Waals surface area contributed by atoms with Gasteiger partial charge >= 0.3 is 5.29 Å². The second-order valence-corrected chi connectivity index (χ2v) is 4.45. The minimum atomic E-state index is 1.06. The Morgan fingerprint density at radius 3 is 2.64 bits per heavy atom. The number of nitrogens with one attached hydrogen (secondary N) is 1. The lowest BCUT2D eigenvalue weighted by Crippen LogP contribution is -3.12. The monoisotopic (exact) mass is 218 g/mol. The molecule has 1 rings (SSSR count). The molecule has 0 aromatic rings. The summed E-state index contributed by atoms with van der Waals surface area (Å²) in [6.07, 6.45) is 5.07. The Balaban J connectivity index is 2.38. The summed E-state index contributed by atoms with van der Waals surface area (Å²) in [5, 5.41) is 1.06. The normalized spacial score (nSPS) is 22.1. The van der Waals surface area contributed by atoms with Gasteiger partial charge in [-0.05, 0) is 6.42 Å². The average molecular weight is 219 g/mol. The van der Waals surface area contributed by atoms with Gasteiger partial charge in [-0.1, -0.05) is 26.7 Å². The van der Waals surface area contributed by atoms with Crippen molar-refractivity contribution < 1.29 is 9.48 Å². The maximum Gasteiger partial charge on any atom is 0.437 e. The molecule has 0 aliphatic carbocycles. The highest BCUT2D eigenvalue weighted by molar-refractivity contribution is 6.60. The Bertz CT molecular complexity index is 201. The minimum Gasteiger partial charge on any atom is -0.230 e. The van der Waals surface area contributed by atoms with Crippen LogP contribution in [0.5, 0.6) is 0 Å². The highest BCUT2D eigenvalue weighted by Gasteiger charge is 2.32. The largest absolute Gasteiger partial charge is 0.437 e. The van der Waals surface area contributed by atoms with Crippen molar-refractivity contribution in [2.45, 2.75) is 39.5 Å². The third-order valence-electron chi connectivity index (χ3n) is 2.87. The van der Waals surface area contributed by atoms with E-state index < -0.39 is 0 Å². The van der Waals surface area contributed by atoms with E-state index in [-0.39, 0.29) is 0 Å². The van der Waals surface area contributed by atoms with Gasteiger partial charge in [0.2, 0.25) is 0 Å². The third kappa shape index (κ3) is 3.25. The van der Waals surface area contributed by atoms with Crippen molar-refractivity contribution in [1.82, 2.24) is 0 Å². The lowest BCUT2D eigenvalue weighted by Gasteiger charge is -2.04. The lowest BCUT2D eigenvalue weighted by molar-refractivity contribution is -0.798. The molecule has 1 N–H and O–H groups in total. The van der Waals surface area contributed by atoms with Gasteiger partial charge in [0.05, 0.1) is 18.1 Å². The van der Waals surface area contributed by atoms with E-state index in [4.69, 9.17) is 11.6 Å². The van der Waals surface area contributed by atoms with E-state index in [1.165, 1.54) is 43.7 Å². The van der Waals surface area contributed by atoms with Gasteiger partial charge < -0.3 is 0 Å². The Kier molecular flexibility index (Phi) is 5.49. The first-order valence-corrected chi connectivity index (χ1v) is 6.29. The van der Waals surface area contributed by atoms with E-state index >= 15 is 0 Å². The molecule has 1 unspecified atom stereocenters. The van der Waals surface area contributed by atoms with Gasteiger partial charge in [0.1, 0.15) is 13.1 Å². The highest BCUT2D eigenvalue weighted by atomic mass is 35.5. The maximum absolute atomic E-state index is 6.32. The molecule has 0 amide bonds. The molecule has 1 heterocycles. The number of amidine groups is 1. The molecule has 1 aliphatic rings. The van der Waals surface area contributed by atoms with Gasteiger partial charge in [-0.2, -0.15) is 4.58 Å². The zero-order valence-electron chi connectivity index (χ0n) is 9.48. The van der Waals surface area contributed by atoms with Crippen molar-refractivity contribution in [1.29, 1.82) is 0 Å². The van der Waals surface area contributed by atoms with E-state index in [9.17, 15) is 0 Å². The SMILES string of the molecule is CCCC[N+]1=C(Cl)[NH+](CCCC)CC1. The van der Waals surface area contributed by atoms with E-state index in [0.717, 1.165) is 18.4 Å². The number of nitrogens with zero attached hydrogens (tertiary/aromatic N) is 1. The fourth-order valence-corrected chi connectivity index (χ4v) is 2.23. The molecular formula is C11H23ClN2+2. The second-order valence-electron chi connectivity index (χ2n) is 4.09. The van der Waals surface area contributed by atoms with E-state index in [1.807, 2.05) is 0 Å². The summed E-state index contributed by atoms with van der Waals surface area (Å²) in [6.45, 7) is 9.16. The Morgan fingerprint density at radius 2 is 2.00 bits per heavy atom.